The van der Waals surface area contributed by atoms with Gasteiger partial charge in [-0.05, 0) is 24.3 Å². The summed E-state index contributed by atoms with van der Waals surface area (Å²) >= 11 is 2.98. The predicted molar refractivity (Wildman–Crippen MR) is 93.0 cm³/mol. The van der Waals surface area contributed by atoms with E-state index < -0.39 is 0 Å². The van der Waals surface area contributed by atoms with Gasteiger partial charge >= 0.3 is 0 Å². The molecule has 1 aromatic carbocycles. The van der Waals surface area contributed by atoms with Crippen molar-refractivity contribution >= 4 is 34.5 Å². The van der Waals surface area contributed by atoms with Crippen LogP contribution >= 0.6 is 22.7 Å². The molecule has 8 heteroatoms. The molecule has 0 bridgehead atoms. The Hall–Kier alpha value is -2.58. The minimum Gasteiger partial charge on any atom is -0.346 e. The number of benzene rings is 1. The van der Waals surface area contributed by atoms with E-state index in [-0.39, 0.29) is 11.8 Å². The lowest BCUT2D eigenvalue weighted by Crippen LogP contribution is -2.24. The number of nitrogens with one attached hydrogen (secondary N) is 2. The first-order chi connectivity index (χ1) is 11.7. The van der Waals surface area contributed by atoms with Crippen molar-refractivity contribution in [3.8, 4) is 0 Å². The molecule has 6 nitrogen and oxygen atoms in total. The SMILES string of the molecule is O=C(NCc1nccs1)c1ccc(C(=O)NCc2nccs2)cc1. The number of amides is 2. The highest BCUT2D eigenvalue weighted by atomic mass is 32.1. The number of hydrogen-bond donors (Lipinski definition) is 2. The van der Waals surface area contributed by atoms with Crippen molar-refractivity contribution in [1.82, 2.24) is 20.6 Å². The van der Waals surface area contributed by atoms with Gasteiger partial charge in [0.05, 0.1) is 13.1 Å². The topological polar surface area (TPSA) is 84.0 Å². The quantitative estimate of drug-likeness (QED) is 0.709. The summed E-state index contributed by atoms with van der Waals surface area (Å²) in [5.41, 5.74) is 1.01. The molecule has 0 aliphatic heterocycles. The van der Waals surface area contributed by atoms with Crippen LogP contribution in [0.1, 0.15) is 30.7 Å². The van der Waals surface area contributed by atoms with Crippen LogP contribution in [0.25, 0.3) is 0 Å². The zero-order valence-electron chi connectivity index (χ0n) is 12.6. The van der Waals surface area contributed by atoms with Gasteiger partial charge in [-0.2, -0.15) is 0 Å². The minimum absolute atomic E-state index is 0.194. The summed E-state index contributed by atoms with van der Waals surface area (Å²) in [6, 6.07) is 6.54. The number of carbonyl (C=O) groups is 2. The van der Waals surface area contributed by atoms with Crippen LogP contribution in [0.4, 0.5) is 0 Å². The number of hydrogen-bond acceptors (Lipinski definition) is 6. The second-order valence-electron chi connectivity index (χ2n) is 4.79. The summed E-state index contributed by atoms with van der Waals surface area (Å²) in [5.74, 6) is -0.389. The first kappa shape index (κ1) is 16.3. The molecular weight excluding hydrogens is 344 g/mol. The third-order valence-corrected chi connectivity index (χ3v) is 4.74. The van der Waals surface area contributed by atoms with Gasteiger partial charge in [-0.15, -0.1) is 22.7 Å². The Morgan fingerprint density at radius 1 is 0.792 bits per heavy atom. The molecule has 3 aromatic rings. The fourth-order valence-corrected chi connectivity index (χ4v) is 3.08. The molecule has 0 saturated carbocycles. The summed E-state index contributed by atoms with van der Waals surface area (Å²) in [7, 11) is 0. The van der Waals surface area contributed by atoms with E-state index in [1.165, 1.54) is 22.7 Å². The van der Waals surface area contributed by atoms with Gasteiger partial charge in [0.25, 0.3) is 11.8 Å². The van der Waals surface area contributed by atoms with Crippen molar-refractivity contribution in [2.75, 3.05) is 0 Å². The van der Waals surface area contributed by atoms with Crippen LogP contribution in [-0.2, 0) is 13.1 Å². The highest BCUT2D eigenvalue weighted by Gasteiger charge is 2.09. The Bertz CT molecular complexity index is 730. The smallest absolute Gasteiger partial charge is 0.251 e. The maximum absolute atomic E-state index is 12.1. The fraction of sp³-hybridized carbons (Fsp3) is 0.125. The highest BCUT2D eigenvalue weighted by Crippen LogP contribution is 2.08. The van der Waals surface area contributed by atoms with E-state index in [1.807, 2.05) is 10.8 Å². The van der Waals surface area contributed by atoms with Gasteiger partial charge in [-0.25, -0.2) is 9.97 Å². The summed E-state index contributed by atoms with van der Waals surface area (Å²) in [4.78, 5) is 32.3. The lowest BCUT2D eigenvalue weighted by molar-refractivity contribution is 0.0939. The van der Waals surface area contributed by atoms with Crippen LogP contribution in [0.2, 0.25) is 0 Å². The fourth-order valence-electron chi connectivity index (χ4n) is 1.97. The second kappa shape index (κ2) is 7.80. The van der Waals surface area contributed by atoms with Crippen molar-refractivity contribution in [3.05, 3.63) is 68.6 Å². The number of aromatic nitrogens is 2. The maximum atomic E-state index is 12.1. The Morgan fingerprint density at radius 2 is 1.21 bits per heavy atom. The standard InChI is InChI=1S/C16H14N4O2S2/c21-15(19-9-13-17-5-7-23-13)11-1-2-12(4-3-11)16(22)20-10-14-18-6-8-24-14/h1-8H,9-10H2,(H,19,21)(H,20,22). The third-order valence-electron chi connectivity index (χ3n) is 3.18. The molecule has 122 valence electrons. The number of rotatable bonds is 6. The minimum atomic E-state index is -0.194. The van der Waals surface area contributed by atoms with Crippen molar-refractivity contribution in [2.45, 2.75) is 13.1 Å². The number of thiazole rings is 2. The molecule has 0 unspecified atom stereocenters. The average Bonchev–Trinajstić information content (AvgIpc) is 3.31. The molecule has 2 aromatic heterocycles. The monoisotopic (exact) mass is 358 g/mol. The van der Waals surface area contributed by atoms with E-state index in [4.69, 9.17) is 0 Å². The Kier molecular flexibility index (Phi) is 5.29. The summed E-state index contributed by atoms with van der Waals surface area (Å²) < 4.78 is 0. The van der Waals surface area contributed by atoms with Crippen molar-refractivity contribution < 1.29 is 9.59 Å². The van der Waals surface area contributed by atoms with Gasteiger partial charge in [0.2, 0.25) is 0 Å². The molecule has 0 aliphatic carbocycles. The van der Waals surface area contributed by atoms with Crippen molar-refractivity contribution in [1.29, 1.82) is 0 Å². The normalized spacial score (nSPS) is 10.3. The summed E-state index contributed by atoms with van der Waals surface area (Å²) in [6.45, 7) is 0.791. The van der Waals surface area contributed by atoms with Crippen LogP contribution in [0, 0.1) is 0 Å². The molecule has 0 aliphatic rings. The highest BCUT2D eigenvalue weighted by molar-refractivity contribution is 7.09. The van der Waals surface area contributed by atoms with Crippen molar-refractivity contribution in [2.24, 2.45) is 0 Å². The van der Waals surface area contributed by atoms with Crippen LogP contribution in [0.3, 0.4) is 0 Å². The number of carbonyl (C=O) groups excluding carboxylic acids is 2. The molecule has 2 heterocycles. The summed E-state index contributed by atoms with van der Waals surface area (Å²) in [5, 5.41) is 11.0. The molecule has 0 radical (unpaired) electrons. The van der Waals surface area contributed by atoms with E-state index in [0.717, 1.165) is 10.0 Å². The first-order valence-corrected chi connectivity index (χ1v) is 8.91. The van der Waals surface area contributed by atoms with Crippen LogP contribution < -0.4 is 10.6 Å². The van der Waals surface area contributed by atoms with Crippen LogP contribution in [0.5, 0.6) is 0 Å². The van der Waals surface area contributed by atoms with E-state index in [9.17, 15) is 9.59 Å². The molecule has 24 heavy (non-hydrogen) atoms. The van der Waals surface area contributed by atoms with Crippen LogP contribution in [-0.4, -0.2) is 21.8 Å². The molecule has 0 atom stereocenters. The Labute approximate surface area is 146 Å². The third kappa shape index (κ3) is 4.24. The molecule has 0 fully saturated rings. The zero-order chi connectivity index (χ0) is 16.8. The lowest BCUT2D eigenvalue weighted by Gasteiger charge is -2.06. The molecule has 3 rings (SSSR count). The molecular formula is C16H14N4O2S2. The maximum Gasteiger partial charge on any atom is 0.251 e. The molecule has 2 amide bonds. The largest absolute Gasteiger partial charge is 0.346 e. The van der Waals surface area contributed by atoms with Gasteiger partial charge in [0.15, 0.2) is 0 Å². The van der Waals surface area contributed by atoms with Crippen LogP contribution in [0.15, 0.2) is 47.4 Å². The predicted octanol–water partition coefficient (Wildman–Crippen LogP) is 2.46. The van der Waals surface area contributed by atoms with Gasteiger partial charge in [0.1, 0.15) is 10.0 Å². The number of nitrogens with zero attached hydrogens (tertiary/aromatic N) is 2. The Morgan fingerprint density at radius 3 is 1.54 bits per heavy atom. The van der Waals surface area contributed by atoms with Gasteiger partial charge in [-0.1, -0.05) is 0 Å². The Balaban J connectivity index is 1.54. The van der Waals surface area contributed by atoms with Gasteiger partial charge in [-0.3, -0.25) is 9.59 Å². The van der Waals surface area contributed by atoms with Crippen molar-refractivity contribution in [3.63, 3.8) is 0 Å². The zero-order valence-corrected chi connectivity index (χ0v) is 14.2. The lowest BCUT2D eigenvalue weighted by atomic mass is 10.1. The molecule has 2 N–H and O–H groups in total. The summed E-state index contributed by atoms with van der Waals surface area (Å²) in [6.07, 6.45) is 3.40. The van der Waals surface area contributed by atoms with Gasteiger partial charge in [0, 0.05) is 34.3 Å². The van der Waals surface area contributed by atoms with E-state index in [0.29, 0.717) is 24.2 Å². The van der Waals surface area contributed by atoms with E-state index in [1.54, 1.807) is 36.7 Å². The second-order valence-corrected chi connectivity index (χ2v) is 6.75. The first-order valence-electron chi connectivity index (χ1n) is 7.15. The van der Waals surface area contributed by atoms with E-state index in [2.05, 4.69) is 20.6 Å². The van der Waals surface area contributed by atoms with Gasteiger partial charge < -0.3 is 10.6 Å². The molecule has 0 spiro atoms. The molecule has 0 saturated heterocycles. The average molecular weight is 358 g/mol. The van der Waals surface area contributed by atoms with E-state index >= 15 is 0 Å².